The predicted octanol–water partition coefficient (Wildman–Crippen LogP) is 0.927. The molecule has 0 fully saturated rings. The largest absolute Gasteiger partial charge is 0.382 e. The molecule has 0 aliphatic carbocycles. The van der Waals surface area contributed by atoms with Crippen LogP contribution in [0.25, 0.3) is 0 Å². The number of rotatable bonds is 8. The molecule has 1 amide bonds. The number of para-hydroxylation sites is 1. The van der Waals surface area contributed by atoms with Crippen LogP contribution in [0, 0.1) is 5.82 Å². The van der Waals surface area contributed by atoms with E-state index >= 15 is 0 Å². The standard InChI is InChI=1S/C13H20FN3O3S/c1-3-7-15-12-10(5-4-6-11(12)14)13(18)16-8-9-17-21(2,19)20/h4-6,15,17H,3,7-9H2,1-2H3,(H,16,18). The molecule has 6 nitrogen and oxygen atoms in total. The molecule has 0 radical (unpaired) electrons. The number of sulfonamides is 1. The highest BCUT2D eigenvalue weighted by molar-refractivity contribution is 7.88. The van der Waals surface area contributed by atoms with E-state index in [1.807, 2.05) is 6.92 Å². The lowest BCUT2D eigenvalue weighted by atomic mass is 10.1. The highest BCUT2D eigenvalue weighted by Gasteiger charge is 2.14. The Morgan fingerprint density at radius 1 is 1.24 bits per heavy atom. The molecule has 3 N–H and O–H groups in total. The molecule has 8 heteroatoms. The minimum atomic E-state index is -3.29. The SMILES string of the molecule is CCCNc1c(F)cccc1C(=O)NCCNS(C)(=O)=O. The molecule has 0 bridgehead atoms. The van der Waals surface area contributed by atoms with Gasteiger partial charge in [-0.2, -0.15) is 0 Å². The third-order valence-electron chi connectivity index (χ3n) is 2.58. The number of benzene rings is 1. The van der Waals surface area contributed by atoms with Crippen molar-refractivity contribution >= 4 is 21.6 Å². The Morgan fingerprint density at radius 2 is 1.95 bits per heavy atom. The number of hydrogen-bond donors (Lipinski definition) is 3. The van der Waals surface area contributed by atoms with Crippen molar-refractivity contribution in [2.75, 3.05) is 31.2 Å². The van der Waals surface area contributed by atoms with Crippen LogP contribution >= 0.6 is 0 Å². The van der Waals surface area contributed by atoms with E-state index in [1.165, 1.54) is 18.2 Å². The molecule has 0 saturated carbocycles. The van der Waals surface area contributed by atoms with Crippen molar-refractivity contribution in [1.29, 1.82) is 0 Å². The minimum Gasteiger partial charge on any atom is -0.382 e. The van der Waals surface area contributed by atoms with Gasteiger partial charge in [0.05, 0.1) is 17.5 Å². The number of amides is 1. The van der Waals surface area contributed by atoms with Gasteiger partial charge in [0.25, 0.3) is 5.91 Å². The van der Waals surface area contributed by atoms with Crippen LogP contribution < -0.4 is 15.4 Å². The molecule has 0 unspecified atom stereocenters. The van der Waals surface area contributed by atoms with Crippen molar-refractivity contribution in [3.05, 3.63) is 29.6 Å². The van der Waals surface area contributed by atoms with Gasteiger partial charge in [-0.15, -0.1) is 0 Å². The maximum atomic E-state index is 13.7. The van der Waals surface area contributed by atoms with Gasteiger partial charge < -0.3 is 10.6 Å². The predicted molar refractivity (Wildman–Crippen MR) is 80.4 cm³/mol. The lowest BCUT2D eigenvalue weighted by Crippen LogP contribution is -2.34. The Balaban J connectivity index is 2.67. The van der Waals surface area contributed by atoms with Crippen LogP contribution in [0.1, 0.15) is 23.7 Å². The molecule has 0 aromatic heterocycles. The first-order chi connectivity index (χ1) is 9.85. The van der Waals surface area contributed by atoms with Crippen LogP contribution in [0.5, 0.6) is 0 Å². The summed E-state index contributed by atoms with van der Waals surface area (Å²) in [5.41, 5.74) is 0.357. The second-order valence-electron chi connectivity index (χ2n) is 4.51. The van der Waals surface area contributed by atoms with Crippen molar-refractivity contribution in [1.82, 2.24) is 10.0 Å². The van der Waals surface area contributed by atoms with E-state index in [0.717, 1.165) is 12.7 Å². The Bertz CT molecular complexity index is 590. The van der Waals surface area contributed by atoms with E-state index in [9.17, 15) is 17.6 Å². The summed E-state index contributed by atoms with van der Waals surface area (Å²) in [6, 6.07) is 4.25. The quantitative estimate of drug-likeness (QED) is 0.622. The zero-order valence-electron chi connectivity index (χ0n) is 12.1. The average molecular weight is 317 g/mol. The first kappa shape index (κ1) is 17.4. The van der Waals surface area contributed by atoms with Crippen molar-refractivity contribution in [2.45, 2.75) is 13.3 Å². The molecule has 0 aliphatic rings. The van der Waals surface area contributed by atoms with Gasteiger partial charge in [0, 0.05) is 19.6 Å². The zero-order chi connectivity index (χ0) is 15.9. The van der Waals surface area contributed by atoms with E-state index in [0.29, 0.717) is 6.54 Å². The number of hydrogen-bond acceptors (Lipinski definition) is 4. The van der Waals surface area contributed by atoms with Crippen molar-refractivity contribution < 1.29 is 17.6 Å². The molecular weight excluding hydrogens is 297 g/mol. The van der Waals surface area contributed by atoms with Gasteiger partial charge in [0.1, 0.15) is 5.82 Å². The van der Waals surface area contributed by atoms with Crippen molar-refractivity contribution in [3.63, 3.8) is 0 Å². The lowest BCUT2D eigenvalue weighted by molar-refractivity contribution is 0.0954. The van der Waals surface area contributed by atoms with Crippen molar-refractivity contribution in [2.24, 2.45) is 0 Å². The maximum Gasteiger partial charge on any atom is 0.253 e. The van der Waals surface area contributed by atoms with Gasteiger partial charge in [0.15, 0.2) is 0 Å². The fraction of sp³-hybridized carbons (Fsp3) is 0.462. The summed E-state index contributed by atoms with van der Waals surface area (Å²) >= 11 is 0. The van der Waals surface area contributed by atoms with Gasteiger partial charge in [-0.25, -0.2) is 17.5 Å². The molecule has 1 aromatic rings. The Morgan fingerprint density at radius 3 is 2.57 bits per heavy atom. The number of carbonyl (C=O) groups excluding carboxylic acids is 1. The van der Waals surface area contributed by atoms with Crippen LogP contribution in [0.15, 0.2) is 18.2 Å². The topological polar surface area (TPSA) is 87.3 Å². The first-order valence-electron chi connectivity index (χ1n) is 6.60. The van der Waals surface area contributed by atoms with Gasteiger partial charge in [-0.1, -0.05) is 13.0 Å². The molecule has 1 aromatic carbocycles. The summed E-state index contributed by atoms with van der Waals surface area (Å²) in [6.45, 7) is 2.69. The Hall–Kier alpha value is -1.67. The van der Waals surface area contributed by atoms with Crippen LogP contribution in [0.4, 0.5) is 10.1 Å². The molecule has 0 saturated heterocycles. The second kappa shape index (κ2) is 7.94. The minimum absolute atomic E-state index is 0.0810. The maximum absolute atomic E-state index is 13.7. The number of halogens is 1. The fourth-order valence-electron chi connectivity index (χ4n) is 1.65. The summed E-state index contributed by atoms with van der Waals surface area (Å²) in [6.07, 6.45) is 1.84. The Kier molecular flexibility index (Phi) is 6.57. The van der Waals surface area contributed by atoms with Crippen LogP contribution in [-0.4, -0.2) is 40.2 Å². The van der Waals surface area contributed by atoms with Gasteiger partial charge in [-0.3, -0.25) is 4.79 Å². The Labute approximate surface area is 124 Å². The summed E-state index contributed by atoms with van der Waals surface area (Å²) in [7, 11) is -3.29. The molecule has 21 heavy (non-hydrogen) atoms. The lowest BCUT2D eigenvalue weighted by Gasteiger charge is -2.12. The van der Waals surface area contributed by atoms with Crippen LogP contribution in [-0.2, 0) is 10.0 Å². The summed E-state index contributed by atoms with van der Waals surface area (Å²) < 4.78 is 37.8. The first-order valence-corrected chi connectivity index (χ1v) is 8.49. The summed E-state index contributed by atoms with van der Waals surface area (Å²) in [5.74, 6) is -0.950. The molecule has 0 spiro atoms. The number of carbonyl (C=O) groups is 1. The second-order valence-corrected chi connectivity index (χ2v) is 6.34. The molecule has 0 aliphatic heterocycles. The van der Waals surface area contributed by atoms with E-state index in [4.69, 9.17) is 0 Å². The molecule has 0 heterocycles. The zero-order valence-corrected chi connectivity index (χ0v) is 12.9. The van der Waals surface area contributed by atoms with Crippen LogP contribution in [0.2, 0.25) is 0 Å². The molecule has 1 rings (SSSR count). The highest BCUT2D eigenvalue weighted by atomic mass is 32.2. The van der Waals surface area contributed by atoms with Gasteiger partial charge >= 0.3 is 0 Å². The third-order valence-corrected chi connectivity index (χ3v) is 3.31. The monoisotopic (exact) mass is 317 g/mol. The average Bonchev–Trinajstić information content (AvgIpc) is 2.40. The van der Waals surface area contributed by atoms with Gasteiger partial charge in [-0.05, 0) is 18.6 Å². The highest BCUT2D eigenvalue weighted by Crippen LogP contribution is 2.19. The normalized spacial score (nSPS) is 11.2. The van der Waals surface area contributed by atoms with Crippen molar-refractivity contribution in [3.8, 4) is 0 Å². The number of anilines is 1. The summed E-state index contributed by atoms with van der Waals surface area (Å²) in [5, 5.41) is 5.42. The van der Waals surface area contributed by atoms with E-state index < -0.39 is 21.7 Å². The molecule has 0 atom stereocenters. The van der Waals surface area contributed by atoms with E-state index in [-0.39, 0.29) is 24.3 Å². The van der Waals surface area contributed by atoms with Gasteiger partial charge in [0.2, 0.25) is 10.0 Å². The smallest absolute Gasteiger partial charge is 0.253 e. The fourth-order valence-corrected chi connectivity index (χ4v) is 2.12. The van der Waals surface area contributed by atoms with E-state index in [1.54, 1.807) is 0 Å². The third kappa shape index (κ3) is 6.09. The molecule has 118 valence electrons. The van der Waals surface area contributed by atoms with Crippen LogP contribution in [0.3, 0.4) is 0 Å². The molecular formula is C13H20FN3O3S. The summed E-state index contributed by atoms with van der Waals surface area (Å²) in [4.78, 5) is 12.0. The number of nitrogens with one attached hydrogen (secondary N) is 3. The van der Waals surface area contributed by atoms with E-state index in [2.05, 4.69) is 15.4 Å².